The van der Waals surface area contributed by atoms with E-state index in [9.17, 15) is 9.59 Å². The number of nitrogens with zero attached hydrogens (tertiary/aromatic N) is 2. The normalized spacial score (nSPS) is 16.9. The number of rotatable bonds is 4. The molecule has 6 nitrogen and oxygen atoms in total. The molecule has 0 saturated carbocycles. The third-order valence-electron chi connectivity index (χ3n) is 5.38. The monoisotopic (exact) mass is 380 g/mol. The van der Waals surface area contributed by atoms with Gasteiger partial charge in [0.1, 0.15) is 11.2 Å². The van der Waals surface area contributed by atoms with Gasteiger partial charge in [0.05, 0.1) is 19.8 Å². The van der Waals surface area contributed by atoms with E-state index in [1.165, 1.54) is 0 Å². The Labute approximate surface area is 164 Å². The van der Waals surface area contributed by atoms with Crippen LogP contribution in [-0.2, 0) is 21.5 Å². The third-order valence-corrected chi connectivity index (χ3v) is 5.38. The van der Waals surface area contributed by atoms with Crippen LogP contribution in [0.5, 0.6) is 5.75 Å². The summed E-state index contributed by atoms with van der Waals surface area (Å²) in [6.07, 6.45) is -0.540. The fourth-order valence-corrected chi connectivity index (χ4v) is 3.98. The second-order valence-corrected chi connectivity index (χ2v) is 7.63. The Balaban J connectivity index is 1.58. The highest BCUT2D eigenvalue weighted by Crippen LogP contribution is 2.48. The standard InChI is InChI=1S/C22H24N2O4/c1-15(2)28-21(26)23-13-22(14-23)18-6-4-5-7-19(18)24(20(22)25)12-16-8-10-17(27-3)11-9-16/h4-11,15H,12-14H2,1-3H3. The SMILES string of the molecule is COc1ccc(CN2C(=O)C3(CN(C(=O)OC(C)C)C3)c3ccccc32)cc1. The smallest absolute Gasteiger partial charge is 0.410 e. The third kappa shape index (κ3) is 2.89. The molecule has 1 spiro atoms. The van der Waals surface area contributed by atoms with Crippen LogP contribution in [0.25, 0.3) is 0 Å². The zero-order chi connectivity index (χ0) is 19.9. The van der Waals surface area contributed by atoms with Crippen LogP contribution in [0, 0.1) is 0 Å². The first-order valence-electron chi connectivity index (χ1n) is 9.44. The van der Waals surface area contributed by atoms with E-state index in [-0.39, 0.29) is 18.1 Å². The Morgan fingerprint density at radius 1 is 1.11 bits per heavy atom. The molecule has 0 N–H and O–H groups in total. The van der Waals surface area contributed by atoms with Gasteiger partial charge in [-0.25, -0.2) is 4.79 Å². The maximum absolute atomic E-state index is 13.4. The lowest BCUT2D eigenvalue weighted by molar-refractivity contribution is -0.128. The Bertz CT molecular complexity index is 901. The van der Waals surface area contributed by atoms with Gasteiger partial charge in [-0.05, 0) is 43.2 Å². The summed E-state index contributed by atoms with van der Waals surface area (Å²) in [6, 6.07) is 15.6. The topological polar surface area (TPSA) is 59.1 Å². The van der Waals surface area contributed by atoms with E-state index in [2.05, 4.69) is 0 Å². The first kappa shape index (κ1) is 18.3. The van der Waals surface area contributed by atoms with Crippen molar-refractivity contribution in [3.8, 4) is 5.75 Å². The van der Waals surface area contributed by atoms with Crippen molar-refractivity contribution in [2.24, 2.45) is 0 Å². The minimum Gasteiger partial charge on any atom is -0.497 e. The molecule has 0 aromatic heterocycles. The number of para-hydroxylation sites is 1. The minimum atomic E-state index is -0.668. The van der Waals surface area contributed by atoms with Crippen LogP contribution in [0.2, 0.25) is 0 Å². The molecule has 2 aromatic carbocycles. The summed E-state index contributed by atoms with van der Waals surface area (Å²) < 4.78 is 10.5. The average molecular weight is 380 g/mol. The molecule has 0 radical (unpaired) electrons. The van der Waals surface area contributed by atoms with E-state index in [0.717, 1.165) is 22.6 Å². The fraction of sp³-hybridized carbons (Fsp3) is 0.364. The summed E-state index contributed by atoms with van der Waals surface area (Å²) in [6.45, 7) is 4.83. The van der Waals surface area contributed by atoms with Crippen LogP contribution in [0.4, 0.5) is 10.5 Å². The van der Waals surface area contributed by atoms with E-state index in [1.807, 2.05) is 67.3 Å². The van der Waals surface area contributed by atoms with Gasteiger partial charge in [-0.3, -0.25) is 4.79 Å². The highest BCUT2D eigenvalue weighted by molar-refractivity contribution is 6.09. The van der Waals surface area contributed by atoms with Gasteiger partial charge in [-0.1, -0.05) is 30.3 Å². The lowest BCUT2D eigenvalue weighted by atomic mass is 9.75. The van der Waals surface area contributed by atoms with E-state index in [4.69, 9.17) is 9.47 Å². The maximum Gasteiger partial charge on any atom is 0.410 e. The average Bonchev–Trinajstić information content (AvgIpc) is 2.89. The molecule has 0 aliphatic carbocycles. The predicted octanol–water partition coefficient (Wildman–Crippen LogP) is 3.34. The number of fused-ring (bicyclic) bond motifs is 2. The molecule has 2 aliphatic rings. The molecule has 1 fully saturated rings. The van der Waals surface area contributed by atoms with Crippen molar-refractivity contribution in [3.63, 3.8) is 0 Å². The van der Waals surface area contributed by atoms with Crippen molar-refractivity contribution in [1.29, 1.82) is 0 Å². The number of hydrogen-bond donors (Lipinski definition) is 0. The highest BCUT2D eigenvalue weighted by Gasteiger charge is 2.59. The Hall–Kier alpha value is -3.02. The second kappa shape index (κ2) is 6.86. The van der Waals surface area contributed by atoms with Crippen molar-refractivity contribution in [1.82, 2.24) is 4.90 Å². The molecule has 0 unspecified atom stereocenters. The first-order chi connectivity index (χ1) is 13.4. The van der Waals surface area contributed by atoms with Crippen LogP contribution < -0.4 is 9.64 Å². The van der Waals surface area contributed by atoms with E-state index < -0.39 is 5.41 Å². The van der Waals surface area contributed by atoms with Gasteiger partial charge in [0, 0.05) is 18.8 Å². The van der Waals surface area contributed by atoms with Crippen molar-refractivity contribution in [2.45, 2.75) is 31.9 Å². The molecule has 28 heavy (non-hydrogen) atoms. The van der Waals surface area contributed by atoms with Gasteiger partial charge < -0.3 is 19.3 Å². The first-order valence-corrected chi connectivity index (χ1v) is 9.44. The van der Waals surface area contributed by atoms with E-state index >= 15 is 0 Å². The summed E-state index contributed by atoms with van der Waals surface area (Å²) in [7, 11) is 1.63. The second-order valence-electron chi connectivity index (χ2n) is 7.63. The Kier molecular flexibility index (Phi) is 4.49. The molecule has 1 saturated heterocycles. The minimum absolute atomic E-state index is 0.0399. The maximum atomic E-state index is 13.4. The molecule has 2 heterocycles. The lowest BCUT2D eigenvalue weighted by Crippen LogP contribution is -2.65. The van der Waals surface area contributed by atoms with Crippen LogP contribution in [-0.4, -0.2) is 43.2 Å². The summed E-state index contributed by atoms with van der Waals surface area (Å²) >= 11 is 0. The molecule has 6 heteroatoms. The number of carbonyl (C=O) groups excluding carboxylic acids is 2. The van der Waals surface area contributed by atoms with Gasteiger partial charge in [0.2, 0.25) is 5.91 Å². The molecule has 4 rings (SSSR count). The number of ether oxygens (including phenoxy) is 2. The number of likely N-dealkylation sites (tertiary alicyclic amines) is 1. The fourth-order valence-electron chi connectivity index (χ4n) is 3.98. The highest BCUT2D eigenvalue weighted by atomic mass is 16.6. The van der Waals surface area contributed by atoms with Gasteiger partial charge in [0.25, 0.3) is 0 Å². The van der Waals surface area contributed by atoms with Crippen LogP contribution in [0.15, 0.2) is 48.5 Å². The number of amides is 2. The zero-order valence-corrected chi connectivity index (χ0v) is 16.3. The van der Waals surface area contributed by atoms with Crippen molar-refractivity contribution in [2.75, 3.05) is 25.1 Å². The van der Waals surface area contributed by atoms with Gasteiger partial charge >= 0.3 is 6.09 Å². The summed E-state index contributed by atoms with van der Waals surface area (Å²) in [5, 5.41) is 0. The van der Waals surface area contributed by atoms with E-state index in [1.54, 1.807) is 12.0 Å². The zero-order valence-electron chi connectivity index (χ0n) is 16.3. The quantitative estimate of drug-likeness (QED) is 0.816. The van der Waals surface area contributed by atoms with Crippen molar-refractivity contribution in [3.05, 3.63) is 59.7 Å². The molecule has 0 bridgehead atoms. The largest absolute Gasteiger partial charge is 0.497 e. The van der Waals surface area contributed by atoms with E-state index in [0.29, 0.717) is 19.6 Å². The van der Waals surface area contributed by atoms with Gasteiger partial charge in [-0.2, -0.15) is 0 Å². The van der Waals surface area contributed by atoms with Gasteiger partial charge in [0.15, 0.2) is 0 Å². The lowest BCUT2D eigenvalue weighted by Gasteiger charge is -2.46. The number of benzene rings is 2. The molecule has 146 valence electrons. The van der Waals surface area contributed by atoms with Crippen LogP contribution >= 0.6 is 0 Å². The molecule has 2 amide bonds. The van der Waals surface area contributed by atoms with Crippen molar-refractivity contribution >= 4 is 17.7 Å². The Morgan fingerprint density at radius 3 is 2.43 bits per heavy atom. The predicted molar refractivity (Wildman–Crippen MR) is 105 cm³/mol. The van der Waals surface area contributed by atoms with Crippen molar-refractivity contribution < 1.29 is 19.1 Å². The summed E-state index contributed by atoms with van der Waals surface area (Å²) in [4.78, 5) is 29.0. The summed E-state index contributed by atoms with van der Waals surface area (Å²) in [5.41, 5.74) is 2.26. The molecule has 0 atom stereocenters. The number of anilines is 1. The number of carbonyl (C=O) groups is 2. The number of methoxy groups -OCH3 is 1. The summed E-state index contributed by atoms with van der Waals surface area (Å²) in [5.74, 6) is 0.824. The number of hydrogen-bond acceptors (Lipinski definition) is 4. The Morgan fingerprint density at radius 2 is 1.79 bits per heavy atom. The van der Waals surface area contributed by atoms with Crippen LogP contribution in [0.3, 0.4) is 0 Å². The molecule has 2 aromatic rings. The van der Waals surface area contributed by atoms with Crippen LogP contribution in [0.1, 0.15) is 25.0 Å². The van der Waals surface area contributed by atoms with Gasteiger partial charge in [-0.15, -0.1) is 0 Å². The molecular formula is C22H24N2O4. The molecular weight excluding hydrogens is 356 g/mol. The molecule has 2 aliphatic heterocycles.